The molecule has 21 heavy (non-hydrogen) atoms. The third-order valence-corrected chi connectivity index (χ3v) is 6.06. The summed E-state index contributed by atoms with van der Waals surface area (Å²) in [7, 11) is -3.26. The van der Waals surface area contributed by atoms with Gasteiger partial charge in [-0.2, -0.15) is 0 Å². The quantitative estimate of drug-likeness (QED) is 0.682. The average molecular weight is 332 g/mol. The van der Waals surface area contributed by atoms with Gasteiger partial charge in [0.15, 0.2) is 5.13 Å². The highest BCUT2D eigenvalue weighted by molar-refractivity contribution is 7.92. The van der Waals surface area contributed by atoms with Gasteiger partial charge in [-0.1, -0.05) is 6.92 Å². The first-order valence-corrected chi connectivity index (χ1v) is 10.3. The normalized spacial score (nSPS) is 14.9. The maximum Gasteiger partial charge on any atom is 0.234 e. The summed E-state index contributed by atoms with van der Waals surface area (Å²) >= 11 is 1.50. The first kappa shape index (κ1) is 16.7. The van der Waals surface area contributed by atoms with Crippen LogP contribution in [-0.4, -0.2) is 32.2 Å². The highest BCUT2D eigenvalue weighted by Crippen LogP contribution is 2.30. The zero-order valence-electron chi connectivity index (χ0n) is 12.7. The molecule has 1 aromatic rings. The monoisotopic (exact) mass is 331 g/mol. The van der Waals surface area contributed by atoms with Gasteiger partial charge in [0, 0.05) is 4.88 Å². The molecule has 0 saturated heterocycles. The molecule has 0 saturated carbocycles. The van der Waals surface area contributed by atoms with Gasteiger partial charge in [0.25, 0.3) is 0 Å². The van der Waals surface area contributed by atoms with Crippen LogP contribution in [0.3, 0.4) is 0 Å². The predicted molar refractivity (Wildman–Crippen MR) is 88.6 cm³/mol. The van der Waals surface area contributed by atoms with Gasteiger partial charge in [-0.25, -0.2) is 13.4 Å². The molecule has 1 aliphatic rings. The van der Waals surface area contributed by atoms with Crippen molar-refractivity contribution >= 4 is 26.5 Å². The van der Waals surface area contributed by atoms with E-state index in [-0.39, 0.29) is 5.75 Å². The Balaban J connectivity index is 1.76. The van der Waals surface area contributed by atoms with E-state index in [1.807, 2.05) is 0 Å². The topological polar surface area (TPSA) is 71.1 Å². The molecule has 0 bridgehead atoms. The van der Waals surface area contributed by atoms with Crippen molar-refractivity contribution in [1.29, 1.82) is 0 Å². The number of aryl methyl sites for hydroxylation is 2. The molecule has 1 aromatic heterocycles. The highest BCUT2D eigenvalue weighted by Gasteiger charge is 2.18. The minimum atomic E-state index is -3.26. The van der Waals surface area contributed by atoms with Crippen molar-refractivity contribution in [3.8, 4) is 0 Å². The van der Waals surface area contributed by atoms with Crippen LogP contribution in [0.15, 0.2) is 0 Å². The van der Waals surface area contributed by atoms with Crippen molar-refractivity contribution in [2.75, 3.05) is 23.6 Å². The molecule has 5 nitrogen and oxygen atoms in total. The number of aromatic nitrogens is 1. The van der Waals surface area contributed by atoms with Gasteiger partial charge in [0.2, 0.25) is 10.0 Å². The van der Waals surface area contributed by atoms with Gasteiger partial charge < -0.3 is 5.32 Å². The van der Waals surface area contributed by atoms with Gasteiger partial charge >= 0.3 is 0 Å². The van der Waals surface area contributed by atoms with Crippen molar-refractivity contribution in [1.82, 2.24) is 10.3 Å². The number of sulfonamides is 1. The Bertz CT molecular complexity index is 517. The van der Waals surface area contributed by atoms with E-state index in [1.165, 1.54) is 22.6 Å². The SMILES string of the molecule is CCCNCCCCS(=O)(=O)Nc1nc2c(s1)CCCC2. The number of unbranched alkanes of at least 4 members (excludes halogenated alkanes) is 1. The van der Waals surface area contributed by atoms with E-state index in [2.05, 4.69) is 21.9 Å². The molecule has 2 N–H and O–H groups in total. The molecule has 1 aliphatic carbocycles. The van der Waals surface area contributed by atoms with Crippen LogP contribution in [0.1, 0.15) is 49.6 Å². The summed E-state index contributed by atoms with van der Waals surface area (Å²) in [6.07, 6.45) is 7.04. The van der Waals surface area contributed by atoms with Crippen LogP contribution in [-0.2, 0) is 22.9 Å². The summed E-state index contributed by atoms with van der Waals surface area (Å²) in [5, 5.41) is 3.83. The standard InChI is InChI=1S/C14H25N3O2S2/c1-2-9-15-10-5-6-11-21(18,19)17-14-16-12-7-3-4-8-13(12)20-14/h15H,2-11H2,1H3,(H,16,17). The maximum atomic E-state index is 12.0. The van der Waals surface area contributed by atoms with Gasteiger partial charge in [0.1, 0.15) is 0 Å². The lowest BCUT2D eigenvalue weighted by Gasteiger charge is -2.06. The smallest absolute Gasteiger partial charge is 0.234 e. The second-order valence-electron chi connectivity index (χ2n) is 5.47. The van der Waals surface area contributed by atoms with Crippen LogP contribution in [0.2, 0.25) is 0 Å². The molecule has 0 spiro atoms. The van der Waals surface area contributed by atoms with E-state index < -0.39 is 10.0 Å². The summed E-state index contributed by atoms with van der Waals surface area (Å²) in [5.74, 6) is 0.172. The summed E-state index contributed by atoms with van der Waals surface area (Å²) < 4.78 is 26.7. The Labute approximate surface area is 131 Å². The molecule has 2 rings (SSSR count). The number of rotatable bonds is 9. The minimum Gasteiger partial charge on any atom is -0.317 e. The third kappa shape index (κ3) is 5.56. The predicted octanol–water partition coefficient (Wildman–Crippen LogP) is 2.54. The minimum absolute atomic E-state index is 0.172. The van der Waals surface area contributed by atoms with E-state index in [1.54, 1.807) is 0 Å². The van der Waals surface area contributed by atoms with E-state index in [0.717, 1.165) is 50.9 Å². The first-order chi connectivity index (χ1) is 10.1. The highest BCUT2D eigenvalue weighted by atomic mass is 32.2. The van der Waals surface area contributed by atoms with Crippen molar-refractivity contribution in [3.05, 3.63) is 10.6 Å². The second-order valence-corrected chi connectivity index (χ2v) is 8.40. The fraction of sp³-hybridized carbons (Fsp3) is 0.786. The Morgan fingerprint density at radius 2 is 2.00 bits per heavy atom. The van der Waals surface area contributed by atoms with Gasteiger partial charge in [-0.3, -0.25) is 4.72 Å². The second kappa shape index (κ2) is 8.10. The lowest BCUT2D eigenvalue weighted by molar-refractivity contribution is 0.590. The Morgan fingerprint density at radius 1 is 1.19 bits per heavy atom. The molecule has 0 aliphatic heterocycles. The maximum absolute atomic E-state index is 12.0. The van der Waals surface area contributed by atoms with E-state index in [9.17, 15) is 8.42 Å². The largest absolute Gasteiger partial charge is 0.317 e. The van der Waals surface area contributed by atoms with Gasteiger partial charge in [0.05, 0.1) is 11.4 Å². The lowest BCUT2D eigenvalue weighted by Crippen LogP contribution is -2.19. The summed E-state index contributed by atoms with van der Waals surface area (Å²) in [4.78, 5) is 5.67. The van der Waals surface area contributed by atoms with E-state index in [0.29, 0.717) is 11.6 Å². The molecule has 0 unspecified atom stereocenters. The van der Waals surface area contributed by atoms with Crippen LogP contribution in [0.5, 0.6) is 0 Å². The molecule has 120 valence electrons. The summed E-state index contributed by atoms with van der Waals surface area (Å²) in [5.41, 5.74) is 1.09. The van der Waals surface area contributed by atoms with Crippen molar-refractivity contribution in [2.24, 2.45) is 0 Å². The van der Waals surface area contributed by atoms with Crippen LogP contribution >= 0.6 is 11.3 Å². The average Bonchev–Trinajstić information content (AvgIpc) is 2.83. The zero-order chi connectivity index (χ0) is 15.1. The third-order valence-electron chi connectivity index (χ3n) is 3.53. The van der Waals surface area contributed by atoms with Crippen LogP contribution in [0.4, 0.5) is 5.13 Å². The molecular formula is C14H25N3O2S2. The zero-order valence-corrected chi connectivity index (χ0v) is 14.3. The van der Waals surface area contributed by atoms with Gasteiger partial charge in [-0.15, -0.1) is 11.3 Å². The van der Waals surface area contributed by atoms with Crippen molar-refractivity contribution in [2.45, 2.75) is 51.9 Å². The molecule has 0 radical (unpaired) electrons. The van der Waals surface area contributed by atoms with Crippen LogP contribution in [0.25, 0.3) is 0 Å². The number of nitrogens with one attached hydrogen (secondary N) is 2. The number of hydrogen-bond acceptors (Lipinski definition) is 5. The van der Waals surface area contributed by atoms with E-state index >= 15 is 0 Å². The Hall–Kier alpha value is -0.660. The summed E-state index contributed by atoms with van der Waals surface area (Å²) in [6, 6.07) is 0. The fourth-order valence-electron chi connectivity index (χ4n) is 2.42. The molecular weight excluding hydrogens is 306 g/mol. The number of anilines is 1. The fourth-order valence-corrected chi connectivity index (χ4v) is 4.87. The lowest BCUT2D eigenvalue weighted by atomic mass is 10.0. The van der Waals surface area contributed by atoms with Crippen LogP contribution < -0.4 is 10.0 Å². The van der Waals surface area contributed by atoms with Crippen molar-refractivity contribution in [3.63, 3.8) is 0 Å². The number of thiazole rings is 1. The van der Waals surface area contributed by atoms with E-state index in [4.69, 9.17) is 0 Å². The Kier molecular flexibility index (Phi) is 6.44. The molecule has 7 heteroatoms. The molecule has 0 atom stereocenters. The first-order valence-electron chi connectivity index (χ1n) is 7.80. The molecule has 1 heterocycles. The number of nitrogens with zero attached hydrogens (tertiary/aromatic N) is 1. The molecule has 0 amide bonds. The molecule has 0 aromatic carbocycles. The molecule has 0 fully saturated rings. The van der Waals surface area contributed by atoms with Gasteiger partial charge in [-0.05, 0) is 58.0 Å². The van der Waals surface area contributed by atoms with Crippen molar-refractivity contribution < 1.29 is 8.42 Å². The van der Waals surface area contributed by atoms with Crippen LogP contribution in [0, 0.1) is 0 Å². The number of hydrogen-bond donors (Lipinski definition) is 2. The Morgan fingerprint density at radius 3 is 2.76 bits per heavy atom. The number of fused-ring (bicyclic) bond motifs is 1. The summed E-state index contributed by atoms with van der Waals surface area (Å²) in [6.45, 7) is 4.00.